The van der Waals surface area contributed by atoms with Gasteiger partial charge in [0.05, 0.1) is 19.8 Å². The molecule has 2 bridgehead atoms. The number of hydrogen-bond donors (Lipinski definition) is 0. The second-order valence-electron chi connectivity index (χ2n) is 10.5. The van der Waals surface area contributed by atoms with Crippen molar-refractivity contribution >= 4 is 11.9 Å². The molecule has 2 unspecified atom stereocenters. The van der Waals surface area contributed by atoms with Crippen LogP contribution in [0.3, 0.4) is 0 Å². The lowest BCUT2D eigenvalue weighted by atomic mass is 9.75. The first-order valence-electron chi connectivity index (χ1n) is 13.5. The SMILES string of the molecule is COc1ccc(OC)c(C(=O)C2CC3CCCC(C2)N3C(=O)OCC2c3ccccc3-c3ccccc32)c1. The number of fused-ring (bicyclic) bond motifs is 5. The summed E-state index contributed by atoms with van der Waals surface area (Å²) < 4.78 is 16.9. The molecule has 0 aromatic heterocycles. The third kappa shape index (κ3) is 4.22. The van der Waals surface area contributed by atoms with E-state index in [0.29, 0.717) is 36.5 Å². The number of hydrogen-bond acceptors (Lipinski definition) is 5. The Labute approximate surface area is 223 Å². The smallest absolute Gasteiger partial charge is 0.410 e. The Morgan fingerprint density at radius 1 is 0.842 bits per heavy atom. The van der Waals surface area contributed by atoms with Gasteiger partial charge in [-0.15, -0.1) is 0 Å². The molecule has 1 amide bonds. The number of ether oxygens (including phenoxy) is 3. The highest BCUT2D eigenvalue weighted by Gasteiger charge is 2.44. The van der Waals surface area contributed by atoms with Crippen molar-refractivity contribution in [1.29, 1.82) is 0 Å². The van der Waals surface area contributed by atoms with Crippen molar-refractivity contribution in [3.8, 4) is 22.6 Å². The Hall–Kier alpha value is -3.80. The van der Waals surface area contributed by atoms with Gasteiger partial charge in [0, 0.05) is 23.9 Å². The van der Waals surface area contributed by atoms with Gasteiger partial charge in [-0.2, -0.15) is 0 Å². The maximum atomic E-state index is 13.6. The Morgan fingerprint density at radius 2 is 1.47 bits per heavy atom. The molecule has 2 fully saturated rings. The molecule has 1 aliphatic carbocycles. The summed E-state index contributed by atoms with van der Waals surface area (Å²) in [6, 6.07) is 22.1. The first kappa shape index (κ1) is 24.5. The highest BCUT2D eigenvalue weighted by atomic mass is 16.6. The predicted octanol–water partition coefficient (Wildman–Crippen LogP) is 6.47. The molecule has 196 valence electrons. The summed E-state index contributed by atoms with van der Waals surface area (Å²) in [6.45, 7) is 0.312. The van der Waals surface area contributed by atoms with E-state index < -0.39 is 0 Å². The average molecular weight is 512 g/mol. The van der Waals surface area contributed by atoms with Crippen molar-refractivity contribution in [2.24, 2.45) is 5.92 Å². The van der Waals surface area contributed by atoms with Crippen LogP contribution in [0.25, 0.3) is 11.1 Å². The summed E-state index contributed by atoms with van der Waals surface area (Å²) in [7, 11) is 3.17. The van der Waals surface area contributed by atoms with Gasteiger partial charge in [-0.05, 0) is 72.6 Å². The van der Waals surface area contributed by atoms with Crippen molar-refractivity contribution in [3.63, 3.8) is 0 Å². The van der Waals surface area contributed by atoms with E-state index in [1.807, 2.05) is 17.0 Å². The van der Waals surface area contributed by atoms with Crippen molar-refractivity contribution < 1.29 is 23.8 Å². The first-order valence-corrected chi connectivity index (χ1v) is 13.5. The van der Waals surface area contributed by atoms with Gasteiger partial charge in [0.1, 0.15) is 18.1 Å². The second kappa shape index (κ2) is 10.2. The minimum absolute atomic E-state index is 0.00343. The van der Waals surface area contributed by atoms with Crippen LogP contribution in [0.5, 0.6) is 11.5 Å². The van der Waals surface area contributed by atoms with E-state index in [1.54, 1.807) is 32.4 Å². The number of methoxy groups -OCH3 is 2. The van der Waals surface area contributed by atoms with Crippen LogP contribution in [0, 0.1) is 5.92 Å². The number of rotatable bonds is 6. The number of benzene rings is 3. The molecule has 6 heteroatoms. The molecule has 2 saturated heterocycles. The zero-order valence-electron chi connectivity index (χ0n) is 21.9. The molecule has 0 saturated carbocycles. The van der Waals surface area contributed by atoms with Crippen LogP contribution in [0.2, 0.25) is 0 Å². The van der Waals surface area contributed by atoms with Crippen molar-refractivity contribution in [2.75, 3.05) is 20.8 Å². The molecule has 3 aromatic rings. The van der Waals surface area contributed by atoms with Gasteiger partial charge in [-0.1, -0.05) is 48.5 Å². The first-order chi connectivity index (χ1) is 18.6. The average Bonchev–Trinajstić information content (AvgIpc) is 3.28. The van der Waals surface area contributed by atoms with Gasteiger partial charge < -0.3 is 19.1 Å². The lowest BCUT2D eigenvalue weighted by Gasteiger charge is -2.47. The lowest BCUT2D eigenvalue weighted by molar-refractivity contribution is 0.00645. The molecule has 2 heterocycles. The maximum Gasteiger partial charge on any atom is 0.410 e. The van der Waals surface area contributed by atoms with Gasteiger partial charge >= 0.3 is 6.09 Å². The molecular formula is C32H33NO5. The molecule has 2 atom stereocenters. The van der Waals surface area contributed by atoms with E-state index in [2.05, 4.69) is 36.4 Å². The number of nitrogens with zero attached hydrogens (tertiary/aromatic N) is 1. The van der Waals surface area contributed by atoms with E-state index in [0.717, 1.165) is 19.3 Å². The fraction of sp³-hybridized carbons (Fsp3) is 0.375. The van der Waals surface area contributed by atoms with Gasteiger partial charge in [0.25, 0.3) is 0 Å². The number of carbonyl (C=O) groups excluding carboxylic acids is 2. The summed E-state index contributed by atoms with van der Waals surface area (Å²) in [5.41, 5.74) is 5.39. The van der Waals surface area contributed by atoms with Crippen LogP contribution in [0.15, 0.2) is 66.7 Å². The van der Waals surface area contributed by atoms with E-state index in [4.69, 9.17) is 14.2 Å². The Balaban J connectivity index is 1.17. The Kier molecular flexibility index (Phi) is 6.56. The Bertz CT molecular complexity index is 1310. The number of amides is 1. The molecule has 2 aliphatic heterocycles. The monoisotopic (exact) mass is 511 g/mol. The van der Waals surface area contributed by atoms with Crippen LogP contribution in [0.4, 0.5) is 4.79 Å². The summed E-state index contributed by atoms with van der Waals surface area (Å²) in [6.07, 6.45) is 3.86. The molecule has 3 aliphatic rings. The lowest BCUT2D eigenvalue weighted by Crippen LogP contribution is -2.55. The molecule has 6 rings (SSSR count). The Morgan fingerprint density at radius 3 is 2.08 bits per heavy atom. The fourth-order valence-corrected chi connectivity index (χ4v) is 6.79. The van der Waals surface area contributed by atoms with Crippen LogP contribution in [0.1, 0.15) is 59.5 Å². The summed E-state index contributed by atoms with van der Waals surface area (Å²) >= 11 is 0. The topological polar surface area (TPSA) is 65.1 Å². The van der Waals surface area contributed by atoms with Gasteiger partial charge in [-0.25, -0.2) is 4.79 Å². The summed E-state index contributed by atoms with van der Waals surface area (Å²) in [5, 5.41) is 0. The molecule has 38 heavy (non-hydrogen) atoms. The van der Waals surface area contributed by atoms with Crippen LogP contribution in [-0.2, 0) is 4.74 Å². The second-order valence-corrected chi connectivity index (χ2v) is 10.5. The van der Waals surface area contributed by atoms with E-state index in [9.17, 15) is 9.59 Å². The molecule has 0 N–H and O–H groups in total. The minimum Gasteiger partial charge on any atom is -0.497 e. The van der Waals surface area contributed by atoms with Gasteiger partial charge in [0.15, 0.2) is 5.78 Å². The highest BCUT2D eigenvalue weighted by molar-refractivity contribution is 6.01. The third-order valence-electron chi connectivity index (χ3n) is 8.56. The molecular weight excluding hydrogens is 478 g/mol. The van der Waals surface area contributed by atoms with E-state index >= 15 is 0 Å². The predicted molar refractivity (Wildman–Crippen MR) is 145 cm³/mol. The van der Waals surface area contributed by atoms with E-state index in [1.165, 1.54) is 22.3 Å². The highest BCUT2D eigenvalue weighted by Crippen LogP contribution is 2.45. The number of Topliss-reactive ketones (excluding diaryl/α,β-unsaturated/α-hetero) is 1. The number of carbonyl (C=O) groups is 2. The minimum atomic E-state index is -0.258. The van der Waals surface area contributed by atoms with Gasteiger partial charge in [0.2, 0.25) is 0 Å². The third-order valence-corrected chi connectivity index (χ3v) is 8.56. The molecule has 0 radical (unpaired) electrons. The standard InChI is InChI=1S/C32H33NO5/c1-36-23-14-15-30(37-2)28(18-23)31(34)20-16-21-8-7-9-22(17-20)33(21)32(35)38-19-29-26-12-5-3-10-24(26)25-11-4-6-13-27(25)29/h3-6,10-15,18,20-22,29H,7-9,16-17,19H2,1-2H3. The maximum absolute atomic E-state index is 13.6. The quantitative estimate of drug-likeness (QED) is 0.355. The zero-order chi connectivity index (χ0) is 26.2. The normalized spacial score (nSPS) is 21.8. The van der Waals surface area contributed by atoms with Crippen molar-refractivity contribution in [2.45, 2.75) is 50.1 Å². The molecule has 0 spiro atoms. The summed E-state index contributed by atoms with van der Waals surface area (Å²) in [5.74, 6) is 1.12. The number of ketones is 1. The molecule has 6 nitrogen and oxygen atoms in total. The van der Waals surface area contributed by atoms with Crippen molar-refractivity contribution in [1.82, 2.24) is 4.90 Å². The summed E-state index contributed by atoms with van der Waals surface area (Å²) in [4.78, 5) is 29.1. The molecule has 3 aromatic carbocycles. The fourth-order valence-electron chi connectivity index (χ4n) is 6.79. The van der Waals surface area contributed by atoms with Crippen LogP contribution < -0.4 is 9.47 Å². The van der Waals surface area contributed by atoms with Crippen molar-refractivity contribution in [3.05, 3.63) is 83.4 Å². The largest absolute Gasteiger partial charge is 0.497 e. The van der Waals surface area contributed by atoms with Crippen LogP contribution in [-0.4, -0.2) is 49.7 Å². The van der Waals surface area contributed by atoms with E-state index in [-0.39, 0.29) is 35.8 Å². The van der Waals surface area contributed by atoms with Crippen LogP contribution >= 0.6 is 0 Å². The zero-order valence-corrected chi connectivity index (χ0v) is 21.9. The number of piperidine rings is 2. The van der Waals surface area contributed by atoms with Gasteiger partial charge in [-0.3, -0.25) is 4.79 Å².